The van der Waals surface area contributed by atoms with Crippen molar-refractivity contribution in [3.63, 3.8) is 0 Å². The first-order chi connectivity index (χ1) is 9.43. The molecule has 0 spiro atoms. The molecule has 0 bridgehead atoms. The summed E-state index contributed by atoms with van der Waals surface area (Å²) in [5, 5.41) is 0. The molecule has 2 N–H and O–H groups in total. The van der Waals surface area contributed by atoms with E-state index in [4.69, 9.17) is 5.73 Å². The van der Waals surface area contributed by atoms with Crippen LogP contribution in [-0.2, 0) is 9.53 Å². The lowest BCUT2D eigenvalue weighted by Gasteiger charge is -2.17. The Morgan fingerprint density at radius 2 is 2.00 bits per heavy atom. The van der Waals surface area contributed by atoms with E-state index in [1.54, 1.807) is 0 Å². The number of esters is 1. The van der Waals surface area contributed by atoms with Crippen molar-refractivity contribution < 1.29 is 23.1 Å². The summed E-state index contributed by atoms with van der Waals surface area (Å²) in [6.45, 7) is 0.529. The molecule has 1 aromatic carbocycles. The molecule has 1 heterocycles. The molecule has 1 aliphatic rings. The van der Waals surface area contributed by atoms with Gasteiger partial charge in [-0.3, -0.25) is 9.59 Å². The third kappa shape index (κ3) is 2.56. The van der Waals surface area contributed by atoms with E-state index in [0.29, 0.717) is 13.0 Å². The molecule has 108 valence electrons. The van der Waals surface area contributed by atoms with Crippen molar-refractivity contribution in [1.29, 1.82) is 0 Å². The number of carbonyl (C=O) groups excluding carboxylic acids is 2. The number of benzene rings is 1. The highest BCUT2D eigenvalue weighted by atomic mass is 19.2. The predicted octanol–water partition coefficient (Wildman–Crippen LogP) is 1.18. The summed E-state index contributed by atoms with van der Waals surface area (Å²) >= 11 is 0. The third-order valence-corrected chi connectivity index (χ3v) is 3.33. The minimum atomic E-state index is -1.13. The van der Waals surface area contributed by atoms with Crippen molar-refractivity contribution in [2.45, 2.75) is 6.42 Å². The molecular formula is C13H14F2N2O3. The van der Waals surface area contributed by atoms with Gasteiger partial charge in [-0.1, -0.05) is 0 Å². The number of hydrogen-bond donors (Lipinski definition) is 1. The molecule has 0 aliphatic carbocycles. The Morgan fingerprint density at radius 1 is 1.35 bits per heavy atom. The molecule has 1 aromatic rings. The Balaban J connectivity index is 2.17. The number of carbonyl (C=O) groups is 2. The molecule has 1 unspecified atom stereocenters. The number of halogens is 2. The van der Waals surface area contributed by atoms with E-state index in [1.807, 2.05) is 0 Å². The molecule has 1 amide bonds. The van der Waals surface area contributed by atoms with E-state index < -0.39 is 29.4 Å². The lowest BCUT2D eigenvalue weighted by molar-refractivity contribution is -0.144. The topological polar surface area (TPSA) is 72.6 Å². The second kappa shape index (κ2) is 5.44. The van der Waals surface area contributed by atoms with Crippen LogP contribution >= 0.6 is 0 Å². The van der Waals surface area contributed by atoms with Crippen LogP contribution in [0.2, 0.25) is 0 Å². The van der Waals surface area contributed by atoms with Crippen LogP contribution in [0.15, 0.2) is 12.1 Å². The van der Waals surface area contributed by atoms with Gasteiger partial charge in [-0.25, -0.2) is 8.78 Å². The Morgan fingerprint density at radius 3 is 2.65 bits per heavy atom. The van der Waals surface area contributed by atoms with Crippen LogP contribution in [-0.4, -0.2) is 37.0 Å². The maximum Gasteiger partial charge on any atom is 0.310 e. The van der Waals surface area contributed by atoms with Crippen LogP contribution in [0.4, 0.5) is 14.5 Å². The van der Waals surface area contributed by atoms with Crippen molar-refractivity contribution in [2.24, 2.45) is 5.92 Å². The average Bonchev–Trinajstić information content (AvgIpc) is 2.91. The second-order valence-corrected chi connectivity index (χ2v) is 4.61. The summed E-state index contributed by atoms with van der Waals surface area (Å²) in [5.41, 5.74) is 5.30. The van der Waals surface area contributed by atoms with Gasteiger partial charge in [-0.15, -0.1) is 0 Å². The number of hydrogen-bond acceptors (Lipinski definition) is 4. The molecule has 1 aliphatic heterocycles. The van der Waals surface area contributed by atoms with E-state index in [1.165, 1.54) is 12.0 Å². The van der Waals surface area contributed by atoms with Crippen LogP contribution in [0.3, 0.4) is 0 Å². The maximum absolute atomic E-state index is 13.2. The van der Waals surface area contributed by atoms with Crippen LogP contribution in [0.25, 0.3) is 0 Å². The number of amides is 1. The minimum absolute atomic E-state index is 0.102. The first-order valence-corrected chi connectivity index (χ1v) is 6.05. The summed E-state index contributed by atoms with van der Waals surface area (Å²) in [6.07, 6.45) is 0.474. The molecule has 1 fully saturated rings. The molecule has 5 nitrogen and oxygen atoms in total. The van der Waals surface area contributed by atoms with Crippen LogP contribution < -0.4 is 5.73 Å². The first-order valence-electron chi connectivity index (χ1n) is 6.05. The zero-order chi connectivity index (χ0) is 14.9. The second-order valence-electron chi connectivity index (χ2n) is 4.61. The summed E-state index contributed by atoms with van der Waals surface area (Å²) in [6, 6.07) is 1.55. The number of ether oxygens (including phenoxy) is 1. The summed E-state index contributed by atoms with van der Waals surface area (Å²) in [7, 11) is 1.28. The molecule has 0 aromatic heterocycles. The zero-order valence-corrected chi connectivity index (χ0v) is 10.9. The minimum Gasteiger partial charge on any atom is -0.469 e. The molecule has 2 rings (SSSR count). The van der Waals surface area contributed by atoms with Crippen molar-refractivity contribution in [3.05, 3.63) is 29.3 Å². The van der Waals surface area contributed by atoms with Gasteiger partial charge < -0.3 is 15.4 Å². The standard InChI is InChI=1S/C13H14F2N2O3/c1-20-13(19)7-2-3-17(6-7)12(18)8-4-9(14)10(15)5-11(8)16/h4-5,7H,2-3,6,16H2,1H3. The lowest BCUT2D eigenvalue weighted by atomic mass is 10.1. The van der Waals surface area contributed by atoms with Gasteiger partial charge in [-0.2, -0.15) is 0 Å². The number of nitrogen functional groups attached to an aromatic ring is 1. The predicted molar refractivity (Wildman–Crippen MR) is 66.8 cm³/mol. The Labute approximate surface area is 114 Å². The van der Waals surface area contributed by atoms with Gasteiger partial charge in [0.2, 0.25) is 0 Å². The molecule has 0 radical (unpaired) electrons. The molecule has 20 heavy (non-hydrogen) atoms. The van der Waals surface area contributed by atoms with Gasteiger partial charge in [0.15, 0.2) is 11.6 Å². The molecule has 0 saturated carbocycles. The van der Waals surface area contributed by atoms with Gasteiger partial charge in [0, 0.05) is 24.8 Å². The normalized spacial score (nSPS) is 18.1. The smallest absolute Gasteiger partial charge is 0.310 e. The summed E-state index contributed by atoms with van der Waals surface area (Å²) in [4.78, 5) is 25.0. The highest BCUT2D eigenvalue weighted by Crippen LogP contribution is 2.23. The Bertz CT molecular complexity index is 563. The zero-order valence-electron chi connectivity index (χ0n) is 10.9. The fraction of sp³-hybridized carbons (Fsp3) is 0.385. The summed E-state index contributed by atoms with van der Waals surface area (Å²) in [5.74, 6) is -3.54. The van der Waals surface area contributed by atoms with Gasteiger partial charge in [0.1, 0.15) is 0 Å². The van der Waals surface area contributed by atoms with Gasteiger partial charge >= 0.3 is 5.97 Å². The fourth-order valence-corrected chi connectivity index (χ4v) is 2.22. The van der Waals surface area contributed by atoms with Crippen LogP contribution in [0.1, 0.15) is 16.8 Å². The lowest BCUT2D eigenvalue weighted by Crippen LogP contribution is -2.31. The number of methoxy groups -OCH3 is 1. The van der Waals surface area contributed by atoms with Gasteiger partial charge in [0.05, 0.1) is 18.6 Å². The highest BCUT2D eigenvalue weighted by Gasteiger charge is 2.33. The molecule has 7 heteroatoms. The highest BCUT2D eigenvalue weighted by molar-refractivity contribution is 5.99. The van der Waals surface area contributed by atoms with Crippen LogP contribution in [0, 0.1) is 17.6 Å². The van der Waals surface area contributed by atoms with E-state index in [9.17, 15) is 18.4 Å². The number of anilines is 1. The monoisotopic (exact) mass is 284 g/mol. The SMILES string of the molecule is COC(=O)C1CCN(C(=O)c2cc(F)c(F)cc2N)C1. The van der Waals surface area contributed by atoms with Crippen LogP contribution in [0.5, 0.6) is 0 Å². The van der Waals surface area contributed by atoms with Crippen molar-refractivity contribution in [3.8, 4) is 0 Å². The quantitative estimate of drug-likeness (QED) is 0.654. The number of likely N-dealkylation sites (tertiary alicyclic amines) is 1. The summed E-state index contributed by atoms with van der Waals surface area (Å²) < 4.78 is 30.8. The third-order valence-electron chi connectivity index (χ3n) is 3.33. The number of nitrogens with zero attached hydrogens (tertiary/aromatic N) is 1. The van der Waals surface area contributed by atoms with Gasteiger partial charge in [-0.05, 0) is 12.5 Å². The van der Waals surface area contributed by atoms with E-state index in [0.717, 1.165) is 12.1 Å². The van der Waals surface area contributed by atoms with Crippen molar-refractivity contribution in [1.82, 2.24) is 4.90 Å². The first kappa shape index (κ1) is 14.2. The van der Waals surface area contributed by atoms with Gasteiger partial charge in [0.25, 0.3) is 5.91 Å². The molecule has 1 atom stereocenters. The fourth-order valence-electron chi connectivity index (χ4n) is 2.22. The Hall–Kier alpha value is -2.18. The molecular weight excluding hydrogens is 270 g/mol. The van der Waals surface area contributed by atoms with Crippen molar-refractivity contribution in [2.75, 3.05) is 25.9 Å². The molecule has 1 saturated heterocycles. The van der Waals surface area contributed by atoms with E-state index >= 15 is 0 Å². The largest absolute Gasteiger partial charge is 0.469 e. The Kier molecular flexibility index (Phi) is 3.87. The number of nitrogens with two attached hydrogens (primary N) is 1. The average molecular weight is 284 g/mol. The maximum atomic E-state index is 13.2. The van der Waals surface area contributed by atoms with E-state index in [2.05, 4.69) is 4.74 Å². The van der Waals surface area contributed by atoms with E-state index in [-0.39, 0.29) is 17.8 Å². The number of rotatable bonds is 2. The van der Waals surface area contributed by atoms with Crippen molar-refractivity contribution >= 4 is 17.6 Å².